The second-order valence-electron chi connectivity index (χ2n) is 1.000. The van der Waals surface area contributed by atoms with Crippen LogP contribution < -0.4 is 24.8 Å². The van der Waals surface area contributed by atoms with Crippen molar-refractivity contribution in [3.63, 3.8) is 0 Å². The average Bonchev–Trinajstić information content (AvgIpc) is 1.37. The fourth-order valence-electron chi connectivity index (χ4n) is 0. The zero-order chi connectivity index (χ0) is 3.41. The molecule has 0 heterocycles. The third kappa shape index (κ3) is 27.0. The zero-order valence-electron chi connectivity index (χ0n) is 4.67. The van der Waals surface area contributed by atoms with Crippen LogP contribution in [0.4, 0.5) is 0 Å². The molecule has 0 aliphatic heterocycles. The Balaban J connectivity index is -0.0000000150. The van der Waals surface area contributed by atoms with Crippen LogP contribution in [0.2, 0.25) is 8.35 Å². The number of halogens is 2. The molecule has 0 unspecified atom stereocenters. The van der Waals surface area contributed by atoms with E-state index in [9.17, 15) is 0 Å². The van der Waals surface area contributed by atoms with Crippen LogP contribution in [0.5, 0.6) is 0 Å². The normalized spacial score (nSPS) is 4.00. The Hall–Kier alpha value is 3.20. The van der Waals surface area contributed by atoms with Gasteiger partial charge in [-0.3, -0.25) is 0 Å². The fraction of sp³-hybridized carbons (Fsp3) is 1.00. The van der Waals surface area contributed by atoms with E-state index < -0.39 is 0 Å². The van der Waals surface area contributed by atoms with Gasteiger partial charge in [0, 0.05) is 0 Å². The summed E-state index contributed by atoms with van der Waals surface area (Å²) in [5, 5.41) is 0. The first-order chi connectivity index (χ1) is 1.91. The molecule has 0 N–H and O–H groups in total. The Labute approximate surface area is 106 Å². The second-order valence-corrected chi connectivity index (χ2v) is 6.71. The standard InChI is InChI=1S/C2H4.2ClH.2In.Zr.4H/c1-2;;;;;;;;;/h1-2H2;2*1H;;;;;;;/q;;;;;+2;;;;/p-2. The molecule has 0 nitrogen and oxygen atoms in total. The summed E-state index contributed by atoms with van der Waals surface area (Å²) in [6.07, 6.45) is 0. The summed E-state index contributed by atoms with van der Waals surface area (Å²) in [5.74, 6) is 0. The third-order valence-electron chi connectivity index (χ3n) is 0.500. The number of hydrogen-bond acceptors (Lipinski definition) is 0. The molecule has 40 valence electrons. The van der Waals surface area contributed by atoms with Gasteiger partial charge < -0.3 is 24.8 Å². The van der Waals surface area contributed by atoms with Gasteiger partial charge in [-0.2, -0.15) is 0 Å². The van der Waals surface area contributed by atoms with E-state index in [2.05, 4.69) is 0 Å². The van der Waals surface area contributed by atoms with Crippen LogP contribution in [0.25, 0.3) is 0 Å². The summed E-state index contributed by atoms with van der Waals surface area (Å²) in [5.41, 5.74) is 0. The van der Waals surface area contributed by atoms with E-state index >= 15 is 0 Å². The first-order valence-corrected chi connectivity index (χ1v) is 9.99. The largest absolute Gasteiger partial charge is 2.00 e. The maximum absolute atomic E-state index is 1.62. The molecule has 0 saturated heterocycles. The molecule has 0 radical (unpaired) electrons. The molecule has 7 heavy (non-hydrogen) atoms. The van der Waals surface area contributed by atoms with Crippen molar-refractivity contribution >= 4 is 48.7 Å². The van der Waals surface area contributed by atoms with Gasteiger partial charge in [-0.15, -0.1) is 0 Å². The number of hydrogen-bond donors (Lipinski definition) is 0. The molecular formula is C2H8Cl2In2Zr. The summed E-state index contributed by atoms with van der Waals surface area (Å²) in [6, 6.07) is 0. The van der Waals surface area contributed by atoms with Gasteiger partial charge in [-0.25, -0.2) is 0 Å². The van der Waals surface area contributed by atoms with Gasteiger partial charge in [0.1, 0.15) is 0 Å². The van der Waals surface area contributed by atoms with Crippen LogP contribution in [-0.2, 0) is 26.2 Å². The van der Waals surface area contributed by atoms with Crippen molar-refractivity contribution in [2.75, 3.05) is 0 Å². The average molecular weight is 424 g/mol. The van der Waals surface area contributed by atoms with E-state index in [-0.39, 0.29) is 51.0 Å². The van der Waals surface area contributed by atoms with Crippen LogP contribution in [0.15, 0.2) is 0 Å². The molecule has 0 fully saturated rings. The van der Waals surface area contributed by atoms with Crippen molar-refractivity contribution in [2.45, 2.75) is 8.35 Å². The first-order valence-electron chi connectivity index (χ1n) is 1.91. The van der Waals surface area contributed by atoms with E-state index in [4.69, 9.17) is 0 Å². The molecule has 0 atom stereocenters. The molecule has 0 spiro atoms. The number of rotatable bonds is 1. The summed E-state index contributed by atoms with van der Waals surface area (Å²) < 4.78 is 3.25. The molecule has 5 heteroatoms. The minimum absolute atomic E-state index is 0. The second kappa shape index (κ2) is 22.9. The predicted octanol–water partition coefficient (Wildman–Crippen LogP) is -6.91. The third-order valence-corrected chi connectivity index (χ3v) is 22.5. The molecule has 0 rings (SSSR count). The minimum atomic E-state index is 0. The Bertz CT molecular complexity index is 15.7. The minimum Gasteiger partial charge on any atom is 2.00 e. The Kier molecular flexibility index (Phi) is 73.4. The molecule has 0 aromatic heterocycles. The maximum atomic E-state index is 1.62. The molecular weight excluding hydrogens is 416 g/mol. The van der Waals surface area contributed by atoms with Crippen molar-refractivity contribution in [1.29, 1.82) is 0 Å². The van der Waals surface area contributed by atoms with Gasteiger partial charge in [0.25, 0.3) is 0 Å². The molecule has 0 aromatic rings. The Morgan fingerprint density at radius 3 is 1.00 bits per heavy atom. The van der Waals surface area contributed by atoms with Crippen LogP contribution in [0.3, 0.4) is 0 Å². The van der Waals surface area contributed by atoms with E-state index in [1.165, 1.54) is 0 Å². The predicted molar refractivity (Wildman–Crippen MR) is 26.7 cm³/mol. The van der Waals surface area contributed by atoms with Gasteiger partial charge in [0.2, 0.25) is 0 Å². The van der Waals surface area contributed by atoms with Crippen molar-refractivity contribution in [2.24, 2.45) is 0 Å². The summed E-state index contributed by atoms with van der Waals surface area (Å²) in [4.78, 5) is 0. The molecule has 0 aromatic carbocycles. The molecule has 0 saturated carbocycles. The smallest absolute Gasteiger partial charge is 2.00 e. The first kappa shape index (κ1) is 22.5. The van der Waals surface area contributed by atoms with Crippen molar-refractivity contribution in [1.82, 2.24) is 0 Å². The monoisotopic (exact) mass is 422 g/mol. The molecule has 0 bridgehead atoms. The van der Waals surface area contributed by atoms with E-state index in [0.717, 1.165) is 48.7 Å². The van der Waals surface area contributed by atoms with Crippen LogP contribution in [-0.4, -0.2) is 48.7 Å². The van der Waals surface area contributed by atoms with Crippen LogP contribution in [0, 0.1) is 0 Å². The van der Waals surface area contributed by atoms with Crippen LogP contribution >= 0.6 is 0 Å². The summed E-state index contributed by atoms with van der Waals surface area (Å²) >= 11 is 2.07. The maximum Gasteiger partial charge on any atom is 2.00 e. The van der Waals surface area contributed by atoms with E-state index in [1.807, 2.05) is 0 Å². The van der Waals surface area contributed by atoms with Crippen molar-refractivity contribution < 1.29 is 51.0 Å². The Morgan fingerprint density at radius 1 is 0.857 bits per heavy atom. The van der Waals surface area contributed by atoms with Gasteiger partial charge in [0.15, 0.2) is 0 Å². The zero-order valence-corrected chi connectivity index (χ0v) is 20.1. The quantitative estimate of drug-likeness (QED) is 0.393. The topological polar surface area (TPSA) is 0 Å². The van der Waals surface area contributed by atoms with Crippen molar-refractivity contribution in [3.8, 4) is 0 Å². The van der Waals surface area contributed by atoms with E-state index in [1.54, 1.807) is 8.35 Å². The molecule has 0 amide bonds. The summed E-state index contributed by atoms with van der Waals surface area (Å²) in [6.45, 7) is 0. The van der Waals surface area contributed by atoms with Gasteiger partial charge in [0.05, 0.1) is 0 Å². The SMILES string of the molecule is [Cl-].[Cl-].[InH2][CH2][CH2][InH2].[Zr+2]. The molecule has 0 aliphatic rings. The van der Waals surface area contributed by atoms with Gasteiger partial charge >= 0.3 is 83.3 Å². The molecule has 0 aliphatic carbocycles. The van der Waals surface area contributed by atoms with E-state index in [0.29, 0.717) is 0 Å². The van der Waals surface area contributed by atoms with Crippen LogP contribution in [0.1, 0.15) is 0 Å². The summed E-state index contributed by atoms with van der Waals surface area (Å²) in [7, 11) is 0. The van der Waals surface area contributed by atoms with Crippen molar-refractivity contribution in [3.05, 3.63) is 0 Å². The fourth-order valence-corrected chi connectivity index (χ4v) is 0. The Morgan fingerprint density at radius 2 is 1.00 bits per heavy atom. The van der Waals surface area contributed by atoms with Gasteiger partial charge in [-0.1, -0.05) is 0 Å². The van der Waals surface area contributed by atoms with Gasteiger partial charge in [-0.05, 0) is 0 Å².